The molecule has 0 aliphatic heterocycles. The van der Waals surface area contributed by atoms with Crippen molar-refractivity contribution in [3.05, 3.63) is 71.1 Å². The van der Waals surface area contributed by atoms with Gasteiger partial charge in [-0.3, -0.25) is 9.78 Å². The summed E-state index contributed by atoms with van der Waals surface area (Å²) in [6.45, 7) is 0. The zero-order chi connectivity index (χ0) is 20.5. The van der Waals surface area contributed by atoms with Gasteiger partial charge in [0.1, 0.15) is 17.2 Å². The van der Waals surface area contributed by atoms with Gasteiger partial charge in [-0.15, -0.1) is 0 Å². The van der Waals surface area contributed by atoms with Crippen molar-refractivity contribution in [3.63, 3.8) is 0 Å². The van der Waals surface area contributed by atoms with Gasteiger partial charge in [-0.2, -0.15) is 0 Å². The van der Waals surface area contributed by atoms with Crippen molar-refractivity contribution in [2.24, 2.45) is 5.73 Å². The fraction of sp³-hybridized carbons (Fsp3) is 0.0476. The first-order chi connectivity index (χ1) is 14.0. The number of rotatable bonds is 5. The number of hydrogen-bond acceptors (Lipinski definition) is 5. The Hall–Kier alpha value is -3.58. The molecule has 0 spiro atoms. The number of fused-ring (bicyclic) bond motifs is 1. The summed E-state index contributed by atoms with van der Waals surface area (Å²) in [7, 11) is 1.73. The third-order valence-corrected chi connectivity index (χ3v) is 4.75. The van der Waals surface area contributed by atoms with E-state index in [0.717, 1.165) is 10.9 Å². The molecule has 0 atom stereocenters. The van der Waals surface area contributed by atoms with Gasteiger partial charge < -0.3 is 20.8 Å². The average molecular weight is 411 g/mol. The highest BCUT2D eigenvalue weighted by Gasteiger charge is 2.18. The van der Waals surface area contributed by atoms with Gasteiger partial charge in [-0.25, -0.2) is 4.39 Å². The standard InChI is InChI=1S/C21H16ClFN4O2/c1-25-21-18(27-13-6-7-16(23)15(22)10-13)14-8-9-26-17(19(14)29-21)11-2-4-12(5-3-11)20(24)28/h2-10,25,27H,1H3,(H2,24,28). The Kier molecular flexibility index (Phi) is 4.82. The molecule has 0 aliphatic rings. The number of benzene rings is 2. The highest BCUT2D eigenvalue weighted by atomic mass is 35.5. The normalized spacial score (nSPS) is 10.9. The molecule has 2 aromatic heterocycles. The molecule has 0 saturated heterocycles. The lowest BCUT2D eigenvalue weighted by molar-refractivity contribution is 0.100. The molecule has 0 saturated carbocycles. The van der Waals surface area contributed by atoms with E-state index >= 15 is 0 Å². The van der Waals surface area contributed by atoms with Crippen LogP contribution in [0.5, 0.6) is 0 Å². The number of amides is 1. The Labute approximate surface area is 170 Å². The highest BCUT2D eigenvalue weighted by Crippen LogP contribution is 2.40. The van der Waals surface area contributed by atoms with E-state index in [1.54, 1.807) is 43.6 Å². The van der Waals surface area contributed by atoms with E-state index in [4.69, 9.17) is 21.8 Å². The molecular weight excluding hydrogens is 395 g/mol. The van der Waals surface area contributed by atoms with Gasteiger partial charge in [0, 0.05) is 30.1 Å². The maximum Gasteiger partial charge on any atom is 0.248 e. The second-order valence-corrected chi connectivity index (χ2v) is 6.70. The Balaban J connectivity index is 1.81. The van der Waals surface area contributed by atoms with Crippen molar-refractivity contribution in [2.75, 3.05) is 17.7 Å². The van der Waals surface area contributed by atoms with Crippen molar-refractivity contribution in [1.29, 1.82) is 0 Å². The zero-order valence-electron chi connectivity index (χ0n) is 15.3. The molecule has 8 heteroatoms. The van der Waals surface area contributed by atoms with E-state index < -0.39 is 11.7 Å². The molecule has 0 bridgehead atoms. The number of nitrogens with zero attached hydrogens (tertiary/aromatic N) is 1. The number of halogens is 2. The van der Waals surface area contributed by atoms with Crippen LogP contribution in [-0.2, 0) is 0 Å². The molecular formula is C21H16ClFN4O2. The van der Waals surface area contributed by atoms with Crippen molar-refractivity contribution in [3.8, 4) is 11.3 Å². The summed E-state index contributed by atoms with van der Waals surface area (Å²) in [6.07, 6.45) is 1.66. The van der Waals surface area contributed by atoms with Gasteiger partial charge in [-0.05, 0) is 36.4 Å². The average Bonchev–Trinajstić information content (AvgIpc) is 3.08. The van der Waals surface area contributed by atoms with Gasteiger partial charge in [0.05, 0.1) is 10.4 Å². The molecule has 4 rings (SSSR count). The third-order valence-electron chi connectivity index (χ3n) is 4.46. The van der Waals surface area contributed by atoms with Crippen molar-refractivity contribution < 1.29 is 13.6 Å². The van der Waals surface area contributed by atoms with E-state index in [-0.39, 0.29) is 5.02 Å². The van der Waals surface area contributed by atoms with Crippen LogP contribution in [0.4, 0.5) is 21.6 Å². The van der Waals surface area contributed by atoms with E-state index in [0.29, 0.717) is 34.1 Å². The molecule has 0 unspecified atom stereocenters. The lowest BCUT2D eigenvalue weighted by atomic mass is 10.1. The summed E-state index contributed by atoms with van der Waals surface area (Å²) in [5.74, 6) is -0.500. The van der Waals surface area contributed by atoms with Gasteiger partial charge in [0.15, 0.2) is 5.58 Å². The van der Waals surface area contributed by atoms with Crippen molar-refractivity contribution >= 4 is 45.7 Å². The fourth-order valence-electron chi connectivity index (χ4n) is 3.04. The Morgan fingerprint density at radius 2 is 1.93 bits per heavy atom. The molecule has 2 aromatic carbocycles. The predicted molar refractivity (Wildman–Crippen MR) is 112 cm³/mol. The minimum atomic E-state index is -0.498. The van der Waals surface area contributed by atoms with Crippen LogP contribution in [0.3, 0.4) is 0 Å². The van der Waals surface area contributed by atoms with E-state index in [1.807, 2.05) is 6.07 Å². The second kappa shape index (κ2) is 7.44. The molecule has 4 aromatic rings. The molecule has 1 amide bonds. The number of nitrogens with one attached hydrogen (secondary N) is 2. The minimum absolute atomic E-state index is 0.0192. The smallest absolute Gasteiger partial charge is 0.248 e. The largest absolute Gasteiger partial charge is 0.436 e. The number of nitrogens with two attached hydrogens (primary N) is 1. The summed E-state index contributed by atoms with van der Waals surface area (Å²) in [6, 6.07) is 13.0. The van der Waals surface area contributed by atoms with Gasteiger partial charge in [0.2, 0.25) is 11.8 Å². The topological polar surface area (TPSA) is 93.2 Å². The van der Waals surface area contributed by atoms with Crippen LogP contribution in [0.25, 0.3) is 22.2 Å². The minimum Gasteiger partial charge on any atom is -0.436 e. The summed E-state index contributed by atoms with van der Waals surface area (Å²) < 4.78 is 19.5. The highest BCUT2D eigenvalue weighted by molar-refractivity contribution is 6.31. The first kappa shape index (κ1) is 18.8. The number of hydrogen-bond donors (Lipinski definition) is 3. The van der Waals surface area contributed by atoms with Gasteiger partial charge >= 0.3 is 0 Å². The van der Waals surface area contributed by atoms with Crippen LogP contribution in [-0.4, -0.2) is 17.9 Å². The summed E-state index contributed by atoms with van der Waals surface area (Å²) in [4.78, 5) is 15.7. The zero-order valence-corrected chi connectivity index (χ0v) is 16.0. The van der Waals surface area contributed by atoms with Crippen LogP contribution in [0.1, 0.15) is 10.4 Å². The van der Waals surface area contributed by atoms with E-state index in [9.17, 15) is 9.18 Å². The third kappa shape index (κ3) is 3.48. The Bertz CT molecular complexity index is 1220. The van der Waals surface area contributed by atoms with E-state index in [2.05, 4.69) is 15.6 Å². The molecule has 0 radical (unpaired) electrons. The van der Waals surface area contributed by atoms with Crippen LogP contribution >= 0.6 is 11.6 Å². The van der Waals surface area contributed by atoms with Crippen LogP contribution in [0.15, 0.2) is 59.1 Å². The quantitative estimate of drug-likeness (QED) is 0.422. The molecule has 29 heavy (non-hydrogen) atoms. The second-order valence-electron chi connectivity index (χ2n) is 6.29. The summed E-state index contributed by atoms with van der Waals surface area (Å²) >= 11 is 5.89. The molecule has 6 nitrogen and oxygen atoms in total. The summed E-state index contributed by atoms with van der Waals surface area (Å²) in [5, 5.41) is 7.03. The molecule has 146 valence electrons. The van der Waals surface area contributed by atoms with Crippen LogP contribution in [0.2, 0.25) is 5.02 Å². The number of furan rings is 1. The van der Waals surface area contributed by atoms with Crippen molar-refractivity contribution in [1.82, 2.24) is 4.98 Å². The van der Waals surface area contributed by atoms with Crippen LogP contribution < -0.4 is 16.4 Å². The number of anilines is 3. The molecule has 4 N–H and O–H groups in total. The Morgan fingerprint density at radius 3 is 2.59 bits per heavy atom. The fourth-order valence-corrected chi connectivity index (χ4v) is 3.22. The number of aromatic nitrogens is 1. The number of pyridine rings is 1. The summed E-state index contributed by atoms with van der Waals surface area (Å²) in [5.41, 5.74) is 8.93. The van der Waals surface area contributed by atoms with Crippen LogP contribution in [0, 0.1) is 5.82 Å². The van der Waals surface area contributed by atoms with Gasteiger partial charge in [-0.1, -0.05) is 23.7 Å². The lowest BCUT2D eigenvalue weighted by Gasteiger charge is -2.08. The lowest BCUT2D eigenvalue weighted by Crippen LogP contribution is -2.10. The number of carbonyl (C=O) groups excluding carboxylic acids is 1. The van der Waals surface area contributed by atoms with Gasteiger partial charge in [0.25, 0.3) is 0 Å². The first-order valence-corrected chi connectivity index (χ1v) is 9.07. The number of carbonyl (C=O) groups is 1. The maximum atomic E-state index is 13.5. The maximum absolute atomic E-state index is 13.5. The molecule has 2 heterocycles. The molecule has 0 fully saturated rings. The molecule has 0 aliphatic carbocycles. The SMILES string of the molecule is CNc1oc2c(-c3ccc(C(N)=O)cc3)nccc2c1Nc1ccc(F)c(Cl)c1. The Morgan fingerprint density at radius 1 is 1.17 bits per heavy atom. The number of primary amides is 1. The van der Waals surface area contributed by atoms with Crippen molar-refractivity contribution in [2.45, 2.75) is 0 Å². The first-order valence-electron chi connectivity index (χ1n) is 8.69. The monoisotopic (exact) mass is 410 g/mol. The predicted octanol–water partition coefficient (Wildman–Crippen LogP) is 5.17. The van der Waals surface area contributed by atoms with E-state index in [1.165, 1.54) is 12.1 Å².